The molecule has 1 aromatic heterocycles. The molecule has 1 aromatic rings. The zero-order valence-electron chi connectivity index (χ0n) is 8.08. The molecule has 1 rings (SSSR count). The smallest absolute Gasteiger partial charge is 0.280 e. The summed E-state index contributed by atoms with van der Waals surface area (Å²) in [5.41, 5.74) is 5.25. The first-order valence-electron chi connectivity index (χ1n) is 4.28. The molecule has 1 unspecified atom stereocenters. The Morgan fingerprint density at radius 2 is 2.47 bits per heavy atom. The maximum Gasteiger partial charge on any atom is 0.280 e. The molecule has 0 aliphatic rings. The van der Waals surface area contributed by atoms with E-state index in [0.717, 1.165) is 0 Å². The predicted molar refractivity (Wildman–Crippen MR) is 59.5 cm³/mol. The summed E-state index contributed by atoms with van der Waals surface area (Å²) in [4.78, 5) is 21.8. The normalized spacial score (nSPS) is 12.1. The van der Waals surface area contributed by atoms with Crippen molar-refractivity contribution in [2.75, 3.05) is 5.32 Å². The van der Waals surface area contributed by atoms with Gasteiger partial charge in [-0.3, -0.25) is 9.59 Å². The van der Waals surface area contributed by atoms with Gasteiger partial charge in [-0.1, -0.05) is 0 Å². The third-order valence-electron chi connectivity index (χ3n) is 1.70. The summed E-state index contributed by atoms with van der Waals surface area (Å²) in [5, 5.41) is 8.85. The van der Waals surface area contributed by atoms with Crippen LogP contribution in [0.4, 0.5) is 5.69 Å². The second-order valence-electron chi connectivity index (χ2n) is 3.14. The van der Waals surface area contributed by atoms with Crippen LogP contribution in [0.15, 0.2) is 15.5 Å². The number of nitrogens with two attached hydrogens (primary N) is 1. The Balaban J connectivity index is 2.76. The molecule has 7 heteroatoms. The van der Waals surface area contributed by atoms with E-state index < -0.39 is 5.91 Å². The largest absolute Gasteiger partial charge is 0.380 e. The number of amides is 1. The van der Waals surface area contributed by atoms with E-state index in [-0.39, 0.29) is 18.0 Å². The number of primary amides is 1. The molecule has 6 nitrogen and oxygen atoms in total. The van der Waals surface area contributed by atoms with Gasteiger partial charge < -0.3 is 11.1 Å². The van der Waals surface area contributed by atoms with Gasteiger partial charge in [0.1, 0.15) is 4.47 Å². The van der Waals surface area contributed by atoms with Crippen LogP contribution in [-0.4, -0.2) is 22.1 Å². The van der Waals surface area contributed by atoms with Crippen LogP contribution in [0.2, 0.25) is 0 Å². The van der Waals surface area contributed by atoms with Crippen LogP contribution in [0.3, 0.4) is 0 Å². The van der Waals surface area contributed by atoms with Crippen molar-refractivity contribution >= 4 is 27.5 Å². The molecule has 0 aliphatic heterocycles. The van der Waals surface area contributed by atoms with E-state index >= 15 is 0 Å². The first kappa shape index (κ1) is 11.7. The van der Waals surface area contributed by atoms with Crippen LogP contribution in [-0.2, 0) is 4.79 Å². The van der Waals surface area contributed by atoms with Gasteiger partial charge in [0.25, 0.3) is 5.56 Å². The van der Waals surface area contributed by atoms with E-state index in [1.807, 2.05) is 0 Å². The molecule has 15 heavy (non-hydrogen) atoms. The van der Waals surface area contributed by atoms with E-state index in [1.54, 1.807) is 6.92 Å². The van der Waals surface area contributed by atoms with Gasteiger partial charge >= 0.3 is 0 Å². The molecular weight excluding hydrogens is 264 g/mol. The molecule has 0 aromatic carbocycles. The third kappa shape index (κ3) is 3.35. The molecule has 0 saturated carbocycles. The van der Waals surface area contributed by atoms with Crippen molar-refractivity contribution in [2.24, 2.45) is 5.73 Å². The van der Waals surface area contributed by atoms with Crippen LogP contribution in [0.5, 0.6) is 0 Å². The number of rotatable bonds is 4. The number of nitrogens with one attached hydrogen (secondary N) is 2. The molecule has 0 radical (unpaired) electrons. The van der Waals surface area contributed by atoms with Crippen molar-refractivity contribution in [3.05, 3.63) is 21.0 Å². The van der Waals surface area contributed by atoms with Crippen LogP contribution < -0.4 is 16.6 Å². The fraction of sp³-hybridized carbons (Fsp3) is 0.375. The number of carbonyl (C=O) groups excluding carboxylic acids is 1. The van der Waals surface area contributed by atoms with Gasteiger partial charge in [-0.15, -0.1) is 0 Å². The zero-order valence-corrected chi connectivity index (χ0v) is 9.67. The summed E-state index contributed by atoms with van der Waals surface area (Å²) in [7, 11) is 0. The van der Waals surface area contributed by atoms with Crippen LogP contribution in [0, 0.1) is 0 Å². The highest BCUT2D eigenvalue weighted by Gasteiger charge is 2.09. The van der Waals surface area contributed by atoms with Crippen molar-refractivity contribution < 1.29 is 4.79 Å². The number of hydrogen-bond donors (Lipinski definition) is 3. The summed E-state index contributed by atoms with van der Waals surface area (Å²) in [6, 6.07) is -0.151. The van der Waals surface area contributed by atoms with Crippen molar-refractivity contribution in [1.82, 2.24) is 10.2 Å². The SMILES string of the molecule is CC(CC(N)=O)Nc1cn[nH]c(=O)c1Br. The molecule has 1 atom stereocenters. The second kappa shape index (κ2) is 4.92. The molecule has 0 aliphatic carbocycles. The number of nitrogens with zero attached hydrogens (tertiary/aromatic N) is 1. The highest BCUT2D eigenvalue weighted by Crippen LogP contribution is 2.16. The Kier molecular flexibility index (Phi) is 3.84. The third-order valence-corrected chi connectivity index (χ3v) is 2.49. The minimum absolute atomic E-state index is 0.151. The standard InChI is InChI=1S/C8H11BrN4O2/c1-4(2-6(10)14)12-5-3-11-13-8(15)7(5)9/h3-4H,2H2,1H3,(H2,10,14)(H2,12,13,15). The van der Waals surface area contributed by atoms with Crippen molar-refractivity contribution in [3.63, 3.8) is 0 Å². The topological polar surface area (TPSA) is 101 Å². The maximum atomic E-state index is 11.1. The second-order valence-corrected chi connectivity index (χ2v) is 3.94. The summed E-state index contributed by atoms with van der Waals surface area (Å²) < 4.78 is 0.355. The van der Waals surface area contributed by atoms with Gasteiger partial charge in [-0.05, 0) is 22.9 Å². The summed E-state index contributed by atoms with van der Waals surface area (Å²) >= 11 is 3.11. The molecule has 4 N–H and O–H groups in total. The minimum Gasteiger partial charge on any atom is -0.380 e. The number of H-pyrrole nitrogens is 1. The number of aromatic nitrogens is 2. The molecule has 0 saturated heterocycles. The average molecular weight is 275 g/mol. The fourth-order valence-corrected chi connectivity index (χ4v) is 1.41. The molecule has 0 fully saturated rings. The summed E-state index contributed by atoms with van der Waals surface area (Å²) in [6.07, 6.45) is 1.65. The first-order valence-corrected chi connectivity index (χ1v) is 5.08. The van der Waals surface area contributed by atoms with Crippen molar-refractivity contribution in [3.8, 4) is 0 Å². The van der Waals surface area contributed by atoms with E-state index in [0.29, 0.717) is 10.2 Å². The Labute approximate surface area is 94.4 Å². The highest BCUT2D eigenvalue weighted by atomic mass is 79.9. The molecule has 1 heterocycles. The van der Waals surface area contributed by atoms with Gasteiger partial charge in [0.2, 0.25) is 5.91 Å². The highest BCUT2D eigenvalue weighted by molar-refractivity contribution is 9.10. The predicted octanol–water partition coefficient (Wildman–Crippen LogP) is 0.208. The lowest BCUT2D eigenvalue weighted by Gasteiger charge is -2.13. The van der Waals surface area contributed by atoms with Crippen LogP contribution >= 0.6 is 15.9 Å². The van der Waals surface area contributed by atoms with E-state index in [4.69, 9.17) is 5.73 Å². The molecule has 0 spiro atoms. The molecule has 0 bridgehead atoms. The monoisotopic (exact) mass is 274 g/mol. The van der Waals surface area contributed by atoms with E-state index in [9.17, 15) is 9.59 Å². The van der Waals surface area contributed by atoms with E-state index in [1.165, 1.54) is 6.20 Å². The number of anilines is 1. The molecule has 82 valence electrons. The first-order chi connectivity index (χ1) is 7.00. The number of halogens is 1. The zero-order chi connectivity index (χ0) is 11.4. The van der Waals surface area contributed by atoms with E-state index in [2.05, 4.69) is 31.4 Å². The number of carbonyl (C=O) groups is 1. The average Bonchev–Trinajstić information content (AvgIpc) is 2.11. The fourth-order valence-electron chi connectivity index (χ4n) is 1.10. The lowest BCUT2D eigenvalue weighted by molar-refractivity contribution is -0.118. The Hall–Kier alpha value is -1.37. The van der Waals surface area contributed by atoms with Crippen molar-refractivity contribution in [1.29, 1.82) is 0 Å². The minimum atomic E-state index is -0.399. The summed E-state index contributed by atoms with van der Waals surface area (Å²) in [5.74, 6) is -0.399. The lowest BCUT2D eigenvalue weighted by atomic mass is 10.2. The molecular formula is C8H11BrN4O2. The van der Waals surface area contributed by atoms with Gasteiger partial charge in [0, 0.05) is 12.5 Å². The van der Waals surface area contributed by atoms with Crippen LogP contribution in [0.25, 0.3) is 0 Å². The van der Waals surface area contributed by atoms with Gasteiger partial charge in [0.05, 0.1) is 11.9 Å². The maximum absolute atomic E-state index is 11.1. The van der Waals surface area contributed by atoms with Crippen molar-refractivity contribution in [2.45, 2.75) is 19.4 Å². The van der Waals surface area contributed by atoms with Gasteiger partial charge in [-0.2, -0.15) is 5.10 Å². The number of aromatic amines is 1. The van der Waals surface area contributed by atoms with Crippen LogP contribution in [0.1, 0.15) is 13.3 Å². The lowest BCUT2D eigenvalue weighted by Crippen LogP contribution is -2.25. The Morgan fingerprint density at radius 1 is 1.80 bits per heavy atom. The Bertz CT molecular complexity index is 417. The van der Waals surface area contributed by atoms with Gasteiger partial charge in [0.15, 0.2) is 0 Å². The quantitative estimate of drug-likeness (QED) is 0.731. The van der Waals surface area contributed by atoms with Gasteiger partial charge in [-0.25, -0.2) is 5.10 Å². The number of hydrogen-bond acceptors (Lipinski definition) is 4. The Morgan fingerprint density at radius 3 is 3.07 bits per heavy atom. The molecule has 1 amide bonds. The summed E-state index contributed by atoms with van der Waals surface area (Å²) in [6.45, 7) is 1.79.